The number of aliphatic hydroxyl groups is 1. The summed E-state index contributed by atoms with van der Waals surface area (Å²) in [5.41, 5.74) is -1.23. The van der Waals surface area contributed by atoms with Crippen molar-refractivity contribution in [3.63, 3.8) is 0 Å². The standard InChI is InChI=1S/C21H30NO6P/c1-4-22(29(25,26-2)27-3)16-11-17-28-20(23)21(24,18-12-7-5-8-13-18)19-14-9-6-10-15-19/h5,7-8,12-13,19,24H,4,6,9-10,14-16H2,1-3H3. The van der Waals surface area contributed by atoms with Crippen LogP contribution in [-0.2, 0) is 28.7 Å². The highest BCUT2D eigenvalue weighted by atomic mass is 31.2. The van der Waals surface area contributed by atoms with Gasteiger partial charge in [-0.3, -0.25) is 9.05 Å². The van der Waals surface area contributed by atoms with Crippen LogP contribution in [0, 0.1) is 17.9 Å². The van der Waals surface area contributed by atoms with Crippen LogP contribution in [0.3, 0.4) is 0 Å². The molecule has 29 heavy (non-hydrogen) atoms. The molecule has 0 bridgehead atoms. The van der Waals surface area contributed by atoms with E-state index in [2.05, 4.69) is 12.0 Å². The van der Waals surface area contributed by atoms with Gasteiger partial charge in [0, 0.05) is 26.7 Å². The Morgan fingerprint density at radius 1 is 1.21 bits per heavy atom. The molecule has 1 aliphatic rings. The number of carbonyl (C=O) groups excluding carboxylic acids is 1. The monoisotopic (exact) mass is 423 g/mol. The van der Waals surface area contributed by atoms with E-state index in [1.165, 1.54) is 18.9 Å². The molecule has 8 heteroatoms. The number of hydrogen-bond donors (Lipinski definition) is 1. The lowest BCUT2D eigenvalue weighted by Gasteiger charge is -2.36. The average Bonchev–Trinajstić information content (AvgIpc) is 2.79. The zero-order valence-electron chi connectivity index (χ0n) is 17.3. The van der Waals surface area contributed by atoms with Gasteiger partial charge in [-0.25, -0.2) is 9.36 Å². The molecule has 1 atom stereocenters. The maximum Gasteiger partial charge on any atom is 0.408 e. The Bertz CT molecular complexity index is 760. The highest BCUT2D eigenvalue weighted by Gasteiger charge is 2.47. The largest absolute Gasteiger partial charge is 0.408 e. The van der Waals surface area contributed by atoms with Crippen LogP contribution in [0.4, 0.5) is 0 Å². The summed E-state index contributed by atoms with van der Waals surface area (Å²) in [6.45, 7) is 2.18. The normalized spacial score (nSPS) is 17.3. The van der Waals surface area contributed by atoms with E-state index >= 15 is 0 Å². The van der Waals surface area contributed by atoms with E-state index in [-0.39, 0.29) is 12.5 Å². The first-order chi connectivity index (χ1) is 13.9. The van der Waals surface area contributed by atoms with Crippen molar-refractivity contribution in [1.82, 2.24) is 4.67 Å². The summed E-state index contributed by atoms with van der Waals surface area (Å²) in [5, 5.41) is 11.4. The van der Waals surface area contributed by atoms with E-state index in [9.17, 15) is 14.5 Å². The van der Waals surface area contributed by atoms with Gasteiger partial charge in [-0.1, -0.05) is 56.5 Å². The number of ether oxygens (including phenoxy) is 1. The molecule has 2 rings (SSSR count). The molecule has 7 nitrogen and oxygen atoms in total. The van der Waals surface area contributed by atoms with Gasteiger partial charge < -0.3 is 9.84 Å². The van der Waals surface area contributed by atoms with Crippen LogP contribution >= 0.6 is 7.75 Å². The third-order valence-electron chi connectivity index (χ3n) is 5.37. The lowest BCUT2D eigenvalue weighted by Crippen LogP contribution is -2.44. The van der Waals surface area contributed by atoms with Crippen molar-refractivity contribution in [1.29, 1.82) is 0 Å². The van der Waals surface area contributed by atoms with E-state index in [0.29, 0.717) is 12.1 Å². The number of hydrogen-bond acceptors (Lipinski definition) is 6. The fraction of sp³-hybridized carbons (Fsp3) is 0.571. The van der Waals surface area contributed by atoms with Crippen molar-refractivity contribution < 1.29 is 28.3 Å². The second-order valence-corrected chi connectivity index (χ2v) is 9.18. The minimum atomic E-state index is -3.42. The molecular formula is C21H30NO6P. The fourth-order valence-electron chi connectivity index (χ4n) is 3.69. The van der Waals surface area contributed by atoms with Gasteiger partial charge in [-0.2, -0.15) is 4.67 Å². The second kappa shape index (κ2) is 10.9. The molecule has 1 aromatic rings. The number of benzene rings is 1. The fourth-order valence-corrected chi connectivity index (χ4v) is 4.89. The van der Waals surface area contributed by atoms with Gasteiger partial charge in [-0.15, -0.1) is 0 Å². The zero-order chi connectivity index (χ0) is 21.3. The summed E-state index contributed by atoms with van der Waals surface area (Å²) >= 11 is 0. The first-order valence-corrected chi connectivity index (χ1v) is 11.4. The Hall–Kier alpha value is -1.68. The van der Waals surface area contributed by atoms with Gasteiger partial charge in [0.1, 0.15) is 6.11 Å². The molecule has 0 radical (unpaired) electrons. The third kappa shape index (κ3) is 5.48. The molecule has 1 N–H and O–H groups in total. The Morgan fingerprint density at radius 2 is 1.83 bits per heavy atom. The molecule has 160 valence electrons. The lowest BCUT2D eigenvalue weighted by molar-refractivity contribution is -0.168. The number of esters is 1. The first-order valence-electron chi connectivity index (χ1n) is 9.86. The molecule has 0 spiro atoms. The summed E-state index contributed by atoms with van der Waals surface area (Å²) < 4.78 is 28.9. The quantitative estimate of drug-likeness (QED) is 0.388. The Labute approximate surface area is 172 Å². The molecule has 1 fully saturated rings. The van der Waals surface area contributed by atoms with Crippen molar-refractivity contribution in [3.05, 3.63) is 35.9 Å². The summed E-state index contributed by atoms with van der Waals surface area (Å²) in [5.74, 6) is 1.65. The minimum Gasteiger partial charge on any atom is -0.374 e. The molecule has 0 heterocycles. The van der Waals surface area contributed by atoms with Gasteiger partial charge in [0.25, 0.3) is 0 Å². The average molecular weight is 423 g/mol. The summed E-state index contributed by atoms with van der Waals surface area (Å²) in [6.07, 6.45) is 6.89. The first kappa shape index (κ1) is 23.6. The lowest BCUT2D eigenvalue weighted by atomic mass is 9.73. The van der Waals surface area contributed by atoms with Crippen molar-refractivity contribution >= 4 is 13.7 Å². The molecule has 1 aliphatic carbocycles. The third-order valence-corrected chi connectivity index (χ3v) is 7.41. The number of nitrogens with zero attached hydrogens (tertiary/aromatic N) is 1. The smallest absolute Gasteiger partial charge is 0.374 e. The van der Waals surface area contributed by atoms with E-state index in [0.717, 1.165) is 32.1 Å². The van der Waals surface area contributed by atoms with E-state index < -0.39 is 19.3 Å². The molecule has 0 aromatic heterocycles. The molecule has 1 aromatic carbocycles. The van der Waals surface area contributed by atoms with Crippen LogP contribution in [0.25, 0.3) is 0 Å². The molecule has 0 aliphatic heterocycles. The van der Waals surface area contributed by atoms with Crippen molar-refractivity contribution in [2.24, 2.45) is 5.92 Å². The summed E-state index contributed by atoms with van der Waals surface area (Å²) in [6, 6.07) is 8.87. The molecule has 0 saturated heterocycles. The summed E-state index contributed by atoms with van der Waals surface area (Å²) in [4.78, 5) is 12.9. The minimum absolute atomic E-state index is 0.0237. The van der Waals surface area contributed by atoms with Gasteiger partial charge in [0.15, 0.2) is 5.60 Å². The Balaban J connectivity index is 2.15. The van der Waals surface area contributed by atoms with Crippen LogP contribution in [0.15, 0.2) is 30.3 Å². The van der Waals surface area contributed by atoms with Crippen molar-refractivity contribution in [2.75, 3.05) is 27.3 Å². The van der Waals surface area contributed by atoms with Crippen LogP contribution in [0.5, 0.6) is 0 Å². The second-order valence-electron chi connectivity index (χ2n) is 6.95. The zero-order valence-corrected chi connectivity index (χ0v) is 18.2. The SMILES string of the molecule is CCN(CC#COC(=O)C(O)(c1ccccc1)C1CCCCC1)P(=O)(OC)OC. The number of rotatable bonds is 8. The van der Waals surface area contributed by atoms with E-state index in [1.54, 1.807) is 31.2 Å². The van der Waals surface area contributed by atoms with Crippen LogP contribution in [0.2, 0.25) is 0 Å². The van der Waals surface area contributed by atoms with Crippen LogP contribution in [0.1, 0.15) is 44.6 Å². The molecule has 1 saturated carbocycles. The highest BCUT2D eigenvalue weighted by Crippen LogP contribution is 2.49. The van der Waals surface area contributed by atoms with Gasteiger partial charge in [-0.05, 0) is 24.3 Å². The highest BCUT2D eigenvalue weighted by molar-refractivity contribution is 7.51. The molecule has 0 amide bonds. The maximum absolute atomic E-state index is 12.9. The van der Waals surface area contributed by atoms with E-state index in [1.807, 2.05) is 6.07 Å². The molecular weight excluding hydrogens is 393 g/mol. The maximum atomic E-state index is 12.9. The summed E-state index contributed by atoms with van der Waals surface area (Å²) in [7, 11) is -0.824. The van der Waals surface area contributed by atoms with Gasteiger partial charge in [0.2, 0.25) is 0 Å². The predicted molar refractivity (Wildman–Crippen MR) is 110 cm³/mol. The van der Waals surface area contributed by atoms with E-state index in [4.69, 9.17) is 13.8 Å². The van der Waals surface area contributed by atoms with Crippen LogP contribution < -0.4 is 0 Å². The predicted octanol–water partition coefficient (Wildman–Crippen LogP) is 3.68. The van der Waals surface area contributed by atoms with Crippen molar-refractivity contribution in [2.45, 2.75) is 44.6 Å². The van der Waals surface area contributed by atoms with Gasteiger partial charge in [0.05, 0.1) is 6.54 Å². The van der Waals surface area contributed by atoms with Gasteiger partial charge >= 0.3 is 13.7 Å². The Kier molecular flexibility index (Phi) is 8.88. The number of carbonyl (C=O) groups is 1. The van der Waals surface area contributed by atoms with Crippen molar-refractivity contribution in [3.8, 4) is 12.0 Å². The molecule has 1 unspecified atom stereocenters. The van der Waals surface area contributed by atoms with Crippen LogP contribution in [-0.4, -0.2) is 43.1 Å². The Morgan fingerprint density at radius 3 is 2.38 bits per heavy atom. The topological polar surface area (TPSA) is 85.3 Å².